The van der Waals surface area contributed by atoms with E-state index < -0.39 is 11.5 Å². The molecule has 2 aliphatic rings. The highest BCUT2D eigenvalue weighted by Gasteiger charge is 2.47. The smallest absolute Gasteiger partial charge is 0.323 e. The topological polar surface area (TPSA) is 40.5 Å². The third-order valence-corrected chi connectivity index (χ3v) is 4.62. The average Bonchev–Trinajstić information content (AvgIpc) is 2.63. The predicted molar refractivity (Wildman–Crippen MR) is 63.4 cm³/mol. The van der Waals surface area contributed by atoms with E-state index in [1.165, 1.54) is 25.7 Å². The van der Waals surface area contributed by atoms with Gasteiger partial charge in [0.05, 0.1) is 0 Å². The molecule has 0 aromatic rings. The number of aliphatic carboxylic acids is 1. The molecule has 1 saturated carbocycles. The van der Waals surface area contributed by atoms with Crippen molar-refractivity contribution in [3.63, 3.8) is 0 Å². The molecular formula is C13H23NO2. The van der Waals surface area contributed by atoms with Crippen molar-refractivity contribution >= 4 is 5.97 Å². The van der Waals surface area contributed by atoms with Gasteiger partial charge in [0, 0.05) is 6.04 Å². The second-order valence-electron chi connectivity index (χ2n) is 5.71. The quantitative estimate of drug-likeness (QED) is 0.785. The van der Waals surface area contributed by atoms with Crippen molar-refractivity contribution in [2.24, 2.45) is 5.92 Å². The molecule has 3 unspecified atom stereocenters. The Morgan fingerprint density at radius 2 is 2.00 bits per heavy atom. The van der Waals surface area contributed by atoms with Crippen LogP contribution in [0.3, 0.4) is 0 Å². The zero-order chi connectivity index (χ0) is 11.8. The monoisotopic (exact) mass is 225 g/mol. The first-order chi connectivity index (χ1) is 7.55. The molecule has 0 amide bonds. The van der Waals surface area contributed by atoms with Gasteiger partial charge in [-0.25, -0.2) is 0 Å². The Kier molecular flexibility index (Phi) is 3.24. The van der Waals surface area contributed by atoms with Gasteiger partial charge in [0.25, 0.3) is 0 Å². The molecule has 16 heavy (non-hydrogen) atoms. The molecule has 2 rings (SSSR count). The van der Waals surface area contributed by atoms with E-state index in [1.807, 2.05) is 6.92 Å². The maximum Gasteiger partial charge on any atom is 0.323 e. The first-order valence-corrected chi connectivity index (χ1v) is 6.56. The molecule has 1 saturated heterocycles. The van der Waals surface area contributed by atoms with Gasteiger partial charge in [0.1, 0.15) is 5.54 Å². The molecule has 1 aliphatic carbocycles. The van der Waals surface area contributed by atoms with Crippen LogP contribution in [0.15, 0.2) is 0 Å². The van der Waals surface area contributed by atoms with Gasteiger partial charge >= 0.3 is 5.97 Å². The standard InChI is InChI=1S/C13H23NO2/c1-10-6-3-4-7-11(10)14-9-5-8-13(14,2)12(15)16/h10-11H,3-9H2,1-2H3,(H,15,16). The van der Waals surface area contributed by atoms with E-state index in [1.54, 1.807) is 0 Å². The summed E-state index contributed by atoms with van der Waals surface area (Å²) < 4.78 is 0. The Balaban J connectivity index is 2.15. The number of likely N-dealkylation sites (tertiary alicyclic amines) is 1. The van der Waals surface area contributed by atoms with Crippen LogP contribution in [0.5, 0.6) is 0 Å². The lowest BCUT2D eigenvalue weighted by Gasteiger charge is -2.43. The fourth-order valence-electron chi connectivity index (χ4n) is 3.51. The summed E-state index contributed by atoms with van der Waals surface area (Å²) in [6.45, 7) is 5.16. The number of hydrogen-bond donors (Lipinski definition) is 1. The molecule has 3 nitrogen and oxygen atoms in total. The molecule has 0 spiro atoms. The lowest BCUT2D eigenvalue weighted by atomic mass is 9.83. The Morgan fingerprint density at radius 3 is 2.62 bits per heavy atom. The highest BCUT2D eigenvalue weighted by atomic mass is 16.4. The number of carboxylic acid groups (broad SMARTS) is 1. The zero-order valence-electron chi connectivity index (χ0n) is 10.4. The SMILES string of the molecule is CC1CCCCC1N1CCCC1(C)C(=O)O. The number of rotatable bonds is 2. The van der Waals surface area contributed by atoms with Crippen molar-refractivity contribution in [3.8, 4) is 0 Å². The van der Waals surface area contributed by atoms with Crippen LogP contribution in [0.2, 0.25) is 0 Å². The van der Waals surface area contributed by atoms with E-state index in [2.05, 4.69) is 11.8 Å². The van der Waals surface area contributed by atoms with Crippen LogP contribution in [0.1, 0.15) is 52.4 Å². The number of carbonyl (C=O) groups is 1. The number of hydrogen-bond acceptors (Lipinski definition) is 2. The van der Waals surface area contributed by atoms with Crippen LogP contribution < -0.4 is 0 Å². The van der Waals surface area contributed by atoms with Gasteiger partial charge < -0.3 is 5.11 Å². The highest BCUT2D eigenvalue weighted by Crippen LogP contribution is 2.38. The summed E-state index contributed by atoms with van der Waals surface area (Å²) in [5, 5.41) is 9.42. The van der Waals surface area contributed by atoms with E-state index in [0.717, 1.165) is 19.4 Å². The van der Waals surface area contributed by atoms with Crippen molar-refractivity contribution in [2.45, 2.75) is 64.0 Å². The van der Waals surface area contributed by atoms with Crippen molar-refractivity contribution < 1.29 is 9.90 Å². The molecule has 3 atom stereocenters. The molecule has 3 heteroatoms. The van der Waals surface area contributed by atoms with Crippen LogP contribution in [0.4, 0.5) is 0 Å². The highest BCUT2D eigenvalue weighted by molar-refractivity contribution is 5.78. The minimum absolute atomic E-state index is 0.498. The molecule has 1 heterocycles. The van der Waals surface area contributed by atoms with Gasteiger partial charge in [-0.2, -0.15) is 0 Å². The molecule has 0 aromatic heterocycles. The van der Waals surface area contributed by atoms with Gasteiger partial charge in [0.2, 0.25) is 0 Å². The van der Waals surface area contributed by atoms with Gasteiger partial charge in [-0.15, -0.1) is 0 Å². The predicted octanol–water partition coefficient (Wildman–Crippen LogP) is 2.50. The lowest BCUT2D eigenvalue weighted by molar-refractivity contribution is -0.151. The third-order valence-electron chi connectivity index (χ3n) is 4.62. The minimum Gasteiger partial charge on any atom is -0.480 e. The maximum atomic E-state index is 11.4. The Morgan fingerprint density at radius 1 is 1.31 bits per heavy atom. The molecular weight excluding hydrogens is 202 g/mol. The average molecular weight is 225 g/mol. The lowest BCUT2D eigenvalue weighted by Crippen LogP contribution is -2.55. The summed E-state index contributed by atoms with van der Waals surface area (Å²) in [4.78, 5) is 13.7. The summed E-state index contributed by atoms with van der Waals surface area (Å²) >= 11 is 0. The van der Waals surface area contributed by atoms with Crippen molar-refractivity contribution in [1.29, 1.82) is 0 Å². The van der Waals surface area contributed by atoms with Crippen LogP contribution in [0.25, 0.3) is 0 Å². The fraction of sp³-hybridized carbons (Fsp3) is 0.923. The normalized spacial score (nSPS) is 41.1. The molecule has 2 fully saturated rings. The summed E-state index contributed by atoms with van der Waals surface area (Å²) in [6.07, 6.45) is 6.87. The van der Waals surface area contributed by atoms with E-state index in [4.69, 9.17) is 0 Å². The van der Waals surface area contributed by atoms with Crippen LogP contribution in [-0.4, -0.2) is 34.1 Å². The molecule has 1 aliphatic heterocycles. The van der Waals surface area contributed by atoms with Crippen molar-refractivity contribution in [1.82, 2.24) is 4.90 Å². The molecule has 1 N–H and O–H groups in total. The summed E-state index contributed by atoms with van der Waals surface area (Å²) in [6, 6.07) is 0.498. The van der Waals surface area contributed by atoms with Crippen LogP contribution in [-0.2, 0) is 4.79 Å². The largest absolute Gasteiger partial charge is 0.480 e. The van der Waals surface area contributed by atoms with E-state index in [-0.39, 0.29) is 0 Å². The van der Waals surface area contributed by atoms with Gasteiger partial charge in [-0.1, -0.05) is 19.8 Å². The first-order valence-electron chi connectivity index (χ1n) is 6.56. The second-order valence-corrected chi connectivity index (χ2v) is 5.71. The van der Waals surface area contributed by atoms with Gasteiger partial charge in [-0.05, 0) is 45.1 Å². The molecule has 0 bridgehead atoms. The summed E-state index contributed by atoms with van der Waals surface area (Å²) in [5.41, 5.74) is -0.601. The van der Waals surface area contributed by atoms with Crippen molar-refractivity contribution in [2.75, 3.05) is 6.54 Å². The second kappa shape index (κ2) is 4.36. The van der Waals surface area contributed by atoms with E-state index in [9.17, 15) is 9.90 Å². The third kappa shape index (κ3) is 1.86. The van der Waals surface area contributed by atoms with Gasteiger partial charge in [-0.3, -0.25) is 9.69 Å². The zero-order valence-corrected chi connectivity index (χ0v) is 10.4. The Labute approximate surface area is 97.8 Å². The van der Waals surface area contributed by atoms with Crippen molar-refractivity contribution in [3.05, 3.63) is 0 Å². The Bertz CT molecular complexity index is 279. The van der Waals surface area contributed by atoms with Crippen LogP contribution >= 0.6 is 0 Å². The van der Waals surface area contributed by atoms with E-state index in [0.29, 0.717) is 12.0 Å². The summed E-state index contributed by atoms with van der Waals surface area (Å²) in [7, 11) is 0. The Hall–Kier alpha value is -0.570. The van der Waals surface area contributed by atoms with Gasteiger partial charge in [0.15, 0.2) is 0 Å². The van der Waals surface area contributed by atoms with Crippen LogP contribution in [0, 0.1) is 5.92 Å². The maximum absolute atomic E-state index is 11.4. The minimum atomic E-state index is -0.636. The fourth-order valence-corrected chi connectivity index (χ4v) is 3.51. The number of carboxylic acids is 1. The van der Waals surface area contributed by atoms with E-state index >= 15 is 0 Å². The summed E-state index contributed by atoms with van der Waals surface area (Å²) in [5.74, 6) is 0.0216. The molecule has 0 aromatic carbocycles. The molecule has 0 radical (unpaired) electrons. The number of nitrogens with zero attached hydrogens (tertiary/aromatic N) is 1. The first kappa shape index (κ1) is 11.9. The molecule has 92 valence electrons.